The van der Waals surface area contributed by atoms with Gasteiger partial charge in [0, 0.05) is 24.9 Å². The second-order valence-corrected chi connectivity index (χ2v) is 5.50. The van der Waals surface area contributed by atoms with Crippen molar-refractivity contribution < 1.29 is 21.6 Å². The van der Waals surface area contributed by atoms with E-state index in [0.29, 0.717) is 5.69 Å². The molecule has 1 atom stereocenters. The van der Waals surface area contributed by atoms with Gasteiger partial charge in [-0.25, -0.2) is 0 Å². The number of carbonyl (C=O) groups excluding carboxylic acids is 1. The van der Waals surface area contributed by atoms with Crippen molar-refractivity contribution in [3.8, 4) is 0 Å². The van der Waals surface area contributed by atoms with Gasteiger partial charge in [-0.2, -0.15) is 8.42 Å². The number of aromatic nitrogens is 1. The quantitative estimate of drug-likeness (QED) is 0.746. The molecule has 1 fully saturated rings. The number of rotatable bonds is 3. The van der Waals surface area contributed by atoms with E-state index in [0.717, 1.165) is 0 Å². The SMILES string of the molecule is Cc1cc(N2CC(CS(=O)(=O)F)CC2=O)on1. The first-order valence-corrected chi connectivity index (χ1v) is 6.56. The van der Waals surface area contributed by atoms with Crippen LogP contribution in [0.5, 0.6) is 0 Å². The Morgan fingerprint density at radius 2 is 2.35 bits per heavy atom. The molecule has 1 aromatic heterocycles. The van der Waals surface area contributed by atoms with E-state index >= 15 is 0 Å². The summed E-state index contributed by atoms with van der Waals surface area (Å²) in [5.74, 6) is -1.19. The largest absolute Gasteiger partial charge is 0.338 e. The number of hydrogen-bond donors (Lipinski definition) is 0. The van der Waals surface area contributed by atoms with Crippen LogP contribution < -0.4 is 4.90 Å². The van der Waals surface area contributed by atoms with Crippen LogP contribution in [0.25, 0.3) is 0 Å². The summed E-state index contributed by atoms with van der Waals surface area (Å²) < 4.78 is 38.4. The molecular formula is C9H11FN2O4S. The summed E-state index contributed by atoms with van der Waals surface area (Å²) in [6.45, 7) is 1.84. The van der Waals surface area contributed by atoms with Crippen LogP contribution in [0, 0.1) is 12.8 Å². The lowest BCUT2D eigenvalue weighted by atomic mass is 10.1. The van der Waals surface area contributed by atoms with E-state index in [9.17, 15) is 17.1 Å². The molecule has 0 aliphatic carbocycles. The summed E-state index contributed by atoms with van der Waals surface area (Å²) in [4.78, 5) is 12.9. The molecule has 2 heterocycles. The summed E-state index contributed by atoms with van der Waals surface area (Å²) in [6.07, 6.45) is 0.00287. The van der Waals surface area contributed by atoms with E-state index in [4.69, 9.17) is 4.52 Å². The van der Waals surface area contributed by atoms with Crippen molar-refractivity contribution in [3.63, 3.8) is 0 Å². The fourth-order valence-corrected chi connectivity index (χ4v) is 2.65. The van der Waals surface area contributed by atoms with Crippen molar-refractivity contribution in [2.75, 3.05) is 17.2 Å². The number of halogens is 1. The number of nitrogens with zero attached hydrogens (tertiary/aromatic N) is 2. The molecule has 1 aliphatic rings. The van der Waals surface area contributed by atoms with Gasteiger partial charge in [-0.3, -0.25) is 9.69 Å². The molecule has 0 spiro atoms. The van der Waals surface area contributed by atoms with E-state index in [1.54, 1.807) is 13.0 Å². The first-order chi connectivity index (χ1) is 7.85. The van der Waals surface area contributed by atoms with Gasteiger partial charge in [-0.05, 0) is 6.92 Å². The van der Waals surface area contributed by atoms with Gasteiger partial charge in [0.2, 0.25) is 11.8 Å². The van der Waals surface area contributed by atoms with Crippen molar-refractivity contribution in [3.05, 3.63) is 11.8 Å². The molecular weight excluding hydrogens is 251 g/mol. The van der Waals surface area contributed by atoms with Gasteiger partial charge < -0.3 is 4.52 Å². The van der Waals surface area contributed by atoms with Gasteiger partial charge in [0.15, 0.2) is 0 Å². The van der Waals surface area contributed by atoms with Crippen LogP contribution in [-0.2, 0) is 15.0 Å². The summed E-state index contributed by atoms with van der Waals surface area (Å²) >= 11 is 0. The van der Waals surface area contributed by atoms with Gasteiger partial charge in [0.25, 0.3) is 0 Å². The fraction of sp³-hybridized carbons (Fsp3) is 0.556. The molecule has 1 aromatic rings. The van der Waals surface area contributed by atoms with Crippen LogP contribution >= 0.6 is 0 Å². The van der Waals surface area contributed by atoms with Crippen molar-refractivity contribution in [1.29, 1.82) is 0 Å². The van der Waals surface area contributed by atoms with Crippen molar-refractivity contribution >= 4 is 22.0 Å². The van der Waals surface area contributed by atoms with Crippen LogP contribution in [0.3, 0.4) is 0 Å². The summed E-state index contributed by atoms with van der Waals surface area (Å²) in [7, 11) is -4.56. The van der Waals surface area contributed by atoms with Crippen LogP contribution in [0.4, 0.5) is 9.77 Å². The average Bonchev–Trinajstić information content (AvgIpc) is 2.70. The Bertz CT molecular complexity index is 539. The molecule has 6 nitrogen and oxygen atoms in total. The third kappa shape index (κ3) is 2.82. The van der Waals surface area contributed by atoms with Crippen LogP contribution in [-0.4, -0.2) is 31.8 Å². The molecule has 1 aliphatic heterocycles. The number of anilines is 1. The minimum absolute atomic E-state index is 0.00287. The highest BCUT2D eigenvalue weighted by Crippen LogP contribution is 2.26. The van der Waals surface area contributed by atoms with Gasteiger partial charge in [-0.15, -0.1) is 3.89 Å². The Morgan fingerprint density at radius 1 is 1.65 bits per heavy atom. The van der Waals surface area contributed by atoms with Crippen molar-refractivity contribution in [2.24, 2.45) is 5.92 Å². The summed E-state index contributed by atoms with van der Waals surface area (Å²) in [5, 5.41) is 3.63. The minimum atomic E-state index is -4.56. The van der Waals surface area contributed by atoms with E-state index in [2.05, 4.69) is 5.16 Å². The summed E-state index contributed by atoms with van der Waals surface area (Å²) in [6, 6.07) is 1.57. The Balaban J connectivity index is 2.10. The number of amides is 1. The maximum atomic E-state index is 12.5. The van der Waals surface area contributed by atoms with Crippen LogP contribution in [0.2, 0.25) is 0 Å². The molecule has 0 saturated carbocycles. The molecule has 1 amide bonds. The van der Waals surface area contributed by atoms with Gasteiger partial charge >= 0.3 is 10.2 Å². The topological polar surface area (TPSA) is 80.5 Å². The molecule has 0 aromatic carbocycles. The molecule has 0 radical (unpaired) electrons. The summed E-state index contributed by atoms with van der Waals surface area (Å²) in [5.41, 5.74) is 0.620. The Hall–Kier alpha value is -1.44. The zero-order valence-electron chi connectivity index (χ0n) is 9.09. The Kier molecular flexibility index (Phi) is 2.90. The standard InChI is InChI=1S/C9H11FN2O4S/c1-6-2-9(16-11-6)12-4-7(3-8(12)13)5-17(10,14)15/h2,7H,3-5H2,1H3. The number of aryl methyl sites for hydroxylation is 1. The average molecular weight is 262 g/mol. The first-order valence-electron chi connectivity index (χ1n) is 5.01. The number of hydrogen-bond acceptors (Lipinski definition) is 5. The van der Waals surface area contributed by atoms with E-state index < -0.39 is 21.9 Å². The van der Waals surface area contributed by atoms with Crippen LogP contribution in [0.15, 0.2) is 10.6 Å². The molecule has 17 heavy (non-hydrogen) atoms. The van der Waals surface area contributed by atoms with Gasteiger partial charge in [0.1, 0.15) is 0 Å². The highest BCUT2D eigenvalue weighted by molar-refractivity contribution is 7.86. The monoisotopic (exact) mass is 262 g/mol. The van der Waals surface area contributed by atoms with Crippen LogP contribution in [0.1, 0.15) is 12.1 Å². The van der Waals surface area contributed by atoms with Crippen molar-refractivity contribution in [1.82, 2.24) is 5.16 Å². The first kappa shape index (κ1) is 12.0. The fourth-order valence-electron chi connectivity index (χ4n) is 1.87. The minimum Gasteiger partial charge on any atom is -0.338 e. The molecule has 8 heteroatoms. The normalized spacial score (nSPS) is 21.2. The second-order valence-electron chi connectivity index (χ2n) is 4.09. The highest BCUT2D eigenvalue weighted by Gasteiger charge is 2.35. The Labute approximate surface area is 97.6 Å². The van der Waals surface area contributed by atoms with Gasteiger partial charge in [0.05, 0.1) is 11.4 Å². The third-order valence-electron chi connectivity index (χ3n) is 2.52. The maximum absolute atomic E-state index is 12.5. The molecule has 1 unspecified atom stereocenters. The van der Waals surface area contributed by atoms with Crippen molar-refractivity contribution in [2.45, 2.75) is 13.3 Å². The predicted molar refractivity (Wildman–Crippen MR) is 56.6 cm³/mol. The van der Waals surface area contributed by atoms with E-state index in [1.807, 2.05) is 0 Å². The molecule has 2 rings (SSSR count). The molecule has 0 bridgehead atoms. The lowest BCUT2D eigenvalue weighted by Crippen LogP contribution is -2.24. The second kappa shape index (κ2) is 4.10. The molecule has 94 valence electrons. The predicted octanol–water partition coefficient (Wildman–Crippen LogP) is 0.635. The highest BCUT2D eigenvalue weighted by atomic mass is 32.3. The van der Waals surface area contributed by atoms with E-state index in [-0.39, 0.29) is 24.8 Å². The molecule has 0 N–H and O–H groups in total. The zero-order chi connectivity index (χ0) is 12.6. The molecule has 1 saturated heterocycles. The lowest BCUT2D eigenvalue weighted by molar-refractivity contribution is -0.117. The van der Waals surface area contributed by atoms with E-state index in [1.165, 1.54) is 4.90 Å². The third-order valence-corrected chi connectivity index (χ3v) is 3.39. The lowest BCUT2D eigenvalue weighted by Gasteiger charge is -2.10. The zero-order valence-corrected chi connectivity index (χ0v) is 9.91. The van der Waals surface area contributed by atoms with Gasteiger partial charge in [-0.1, -0.05) is 5.16 Å². The maximum Gasteiger partial charge on any atom is 0.302 e. The smallest absolute Gasteiger partial charge is 0.302 e. The number of carbonyl (C=O) groups is 1. The Morgan fingerprint density at radius 3 is 2.88 bits per heavy atom.